The highest BCUT2D eigenvalue weighted by atomic mass is 16.2. The van der Waals surface area contributed by atoms with Crippen LogP contribution in [0.1, 0.15) is 65.7 Å². The maximum Gasteiger partial charge on any atom is 0.224 e. The number of carbonyl (C=O) groups is 1. The highest BCUT2D eigenvalue weighted by molar-refractivity contribution is 5.77. The normalized spacial score (nSPS) is 17.5. The number of unbranched alkanes of at least 4 members (excludes halogenated alkanes) is 2. The number of rotatable bonds is 9. The predicted octanol–water partition coefficient (Wildman–Crippen LogP) is 2.62. The van der Waals surface area contributed by atoms with E-state index in [0.717, 1.165) is 32.5 Å². The molecule has 1 saturated heterocycles. The van der Waals surface area contributed by atoms with E-state index < -0.39 is 0 Å². The Hall–Kier alpha value is -0.610. The third-order valence-corrected chi connectivity index (χ3v) is 4.54. The average Bonchev–Trinajstić information content (AvgIpc) is 2.50. The predicted molar refractivity (Wildman–Crippen MR) is 89.3 cm³/mol. The average molecular weight is 297 g/mol. The summed E-state index contributed by atoms with van der Waals surface area (Å²) in [6, 6.07) is 0.640. The first kappa shape index (κ1) is 18.4. The quantitative estimate of drug-likeness (QED) is 0.666. The van der Waals surface area contributed by atoms with Gasteiger partial charge in [-0.1, -0.05) is 19.8 Å². The number of hydrogen-bond donors (Lipinski definition) is 1. The first-order valence-corrected chi connectivity index (χ1v) is 8.83. The Kier molecular flexibility index (Phi) is 8.93. The first-order chi connectivity index (χ1) is 10.1. The highest BCUT2D eigenvalue weighted by Gasteiger charge is 2.25. The largest absolute Gasteiger partial charge is 0.343 e. The van der Waals surface area contributed by atoms with Crippen LogP contribution >= 0.6 is 0 Å². The van der Waals surface area contributed by atoms with Crippen molar-refractivity contribution >= 4 is 5.91 Å². The number of hydrogen-bond acceptors (Lipinski definition) is 3. The van der Waals surface area contributed by atoms with Crippen molar-refractivity contribution < 1.29 is 4.79 Å². The maximum absolute atomic E-state index is 12.5. The molecule has 0 aliphatic carbocycles. The van der Waals surface area contributed by atoms with Gasteiger partial charge in [-0.25, -0.2) is 0 Å². The van der Waals surface area contributed by atoms with E-state index >= 15 is 0 Å². The van der Waals surface area contributed by atoms with E-state index in [0.29, 0.717) is 24.9 Å². The van der Waals surface area contributed by atoms with Gasteiger partial charge in [-0.05, 0) is 46.1 Å². The van der Waals surface area contributed by atoms with Crippen LogP contribution in [0.5, 0.6) is 0 Å². The van der Waals surface area contributed by atoms with Gasteiger partial charge in [0.2, 0.25) is 5.91 Å². The molecule has 1 heterocycles. The van der Waals surface area contributed by atoms with E-state index in [-0.39, 0.29) is 6.04 Å². The van der Waals surface area contributed by atoms with E-state index in [1.807, 2.05) is 4.90 Å². The Morgan fingerprint density at radius 1 is 1.19 bits per heavy atom. The summed E-state index contributed by atoms with van der Waals surface area (Å²) in [7, 11) is 0. The van der Waals surface area contributed by atoms with E-state index in [1.165, 1.54) is 25.7 Å². The molecule has 0 aromatic heterocycles. The molecule has 1 atom stereocenters. The van der Waals surface area contributed by atoms with Crippen LogP contribution in [0.15, 0.2) is 0 Å². The summed E-state index contributed by atoms with van der Waals surface area (Å²) >= 11 is 0. The van der Waals surface area contributed by atoms with E-state index in [1.54, 1.807) is 0 Å². The summed E-state index contributed by atoms with van der Waals surface area (Å²) in [5, 5.41) is 0. The SMILES string of the molecule is CCCCCN(C(C)C)C(CN)CC(=O)N1CCCCC1. The second kappa shape index (κ2) is 10.2. The molecule has 4 heteroatoms. The Balaban J connectivity index is 2.53. The molecule has 1 unspecified atom stereocenters. The number of amides is 1. The monoisotopic (exact) mass is 297 g/mol. The van der Waals surface area contributed by atoms with Crippen LogP contribution in [0.4, 0.5) is 0 Å². The van der Waals surface area contributed by atoms with Gasteiger partial charge in [-0.2, -0.15) is 0 Å². The molecular formula is C17H35N3O. The van der Waals surface area contributed by atoms with Gasteiger partial charge in [-0.15, -0.1) is 0 Å². The zero-order valence-electron chi connectivity index (χ0n) is 14.3. The van der Waals surface area contributed by atoms with Crippen LogP contribution in [-0.2, 0) is 4.79 Å². The van der Waals surface area contributed by atoms with Gasteiger partial charge in [0.15, 0.2) is 0 Å². The molecule has 0 saturated carbocycles. The molecule has 0 spiro atoms. The van der Waals surface area contributed by atoms with Crippen LogP contribution in [0.2, 0.25) is 0 Å². The second-order valence-electron chi connectivity index (χ2n) is 6.57. The van der Waals surface area contributed by atoms with Crippen molar-refractivity contribution in [3.05, 3.63) is 0 Å². The van der Waals surface area contributed by atoms with Crippen molar-refractivity contribution in [3.8, 4) is 0 Å². The molecule has 1 rings (SSSR count). The lowest BCUT2D eigenvalue weighted by Gasteiger charge is -2.36. The van der Waals surface area contributed by atoms with Gasteiger partial charge < -0.3 is 10.6 Å². The van der Waals surface area contributed by atoms with Gasteiger partial charge in [-0.3, -0.25) is 9.69 Å². The van der Waals surface area contributed by atoms with Crippen LogP contribution in [-0.4, -0.2) is 54.0 Å². The van der Waals surface area contributed by atoms with Crippen LogP contribution in [0.25, 0.3) is 0 Å². The van der Waals surface area contributed by atoms with E-state index in [4.69, 9.17) is 5.73 Å². The summed E-state index contributed by atoms with van der Waals surface area (Å²) < 4.78 is 0. The first-order valence-electron chi connectivity index (χ1n) is 8.83. The molecule has 1 aliphatic rings. The molecule has 0 aromatic carbocycles. The number of carbonyl (C=O) groups excluding carboxylic acids is 1. The summed E-state index contributed by atoms with van der Waals surface area (Å²) in [5.74, 6) is 0.297. The fourth-order valence-electron chi connectivity index (χ4n) is 3.22. The smallest absolute Gasteiger partial charge is 0.224 e. The molecule has 0 radical (unpaired) electrons. The van der Waals surface area contributed by atoms with Crippen molar-refractivity contribution in [2.45, 2.75) is 77.8 Å². The Bertz CT molecular complexity index is 288. The topological polar surface area (TPSA) is 49.6 Å². The fraction of sp³-hybridized carbons (Fsp3) is 0.941. The molecule has 21 heavy (non-hydrogen) atoms. The zero-order chi connectivity index (χ0) is 15.7. The van der Waals surface area contributed by atoms with Gasteiger partial charge in [0.25, 0.3) is 0 Å². The molecule has 2 N–H and O–H groups in total. The number of likely N-dealkylation sites (tertiary alicyclic amines) is 1. The highest BCUT2D eigenvalue weighted by Crippen LogP contribution is 2.15. The maximum atomic E-state index is 12.5. The van der Waals surface area contributed by atoms with Crippen molar-refractivity contribution in [1.29, 1.82) is 0 Å². The van der Waals surface area contributed by atoms with Crippen molar-refractivity contribution in [3.63, 3.8) is 0 Å². The van der Waals surface area contributed by atoms with Crippen molar-refractivity contribution in [2.75, 3.05) is 26.2 Å². The lowest BCUT2D eigenvalue weighted by Crippen LogP contribution is -2.48. The van der Waals surface area contributed by atoms with Gasteiger partial charge in [0, 0.05) is 38.1 Å². The summed E-state index contributed by atoms with van der Waals surface area (Å²) in [6.45, 7) is 10.1. The molecule has 1 aliphatic heterocycles. The van der Waals surface area contributed by atoms with Gasteiger partial charge in [0.1, 0.15) is 0 Å². The third-order valence-electron chi connectivity index (χ3n) is 4.54. The molecule has 1 amide bonds. The van der Waals surface area contributed by atoms with Crippen molar-refractivity contribution in [1.82, 2.24) is 9.80 Å². The number of nitrogens with two attached hydrogens (primary N) is 1. The van der Waals surface area contributed by atoms with Gasteiger partial charge in [0.05, 0.1) is 0 Å². The zero-order valence-corrected chi connectivity index (χ0v) is 14.3. The molecule has 124 valence electrons. The number of nitrogens with zero attached hydrogens (tertiary/aromatic N) is 2. The minimum Gasteiger partial charge on any atom is -0.343 e. The molecule has 4 nitrogen and oxygen atoms in total. The Labute approximate surface area is 131 Å². The minimum atomic E-state index is 0.191. The summed E-state index contributed by atoms with van der Waals surface area (Å²) in [6.07, 6.45) is 7.84. The van der Waals surface area contributed by atoms with E-state index in [2.05, 4.69) is 25.7 Å². The lowest BCUT2D eigenvalue weighted by atomic mass is 10.1. The third kappa shape index (κ3) is 6.35. The fourth-order valence-corrected chi connectivity index (χ4v) is 3.22. The number of piperidine rings is 1. The van der Waals surface area contributed by atoms with Crippen molar-refractivity contribution in [2.24, 2.45) is 5.73 Å². The second-order valence-corrected chi connectivity index (χ2v) is 6.57. The standard InChI is InChI=1S/C17H35N3O/c1-4-5-7-12-20(15(2)3)16(14-18)13-17(21)19-10-8-6-9-11-19/h15-16H,4-14,18H2,1-3H3. The Morgan fingerprint density at radius 2 is 1.86 bits per heavy atom. The lowest BCUT2D eigenvalue weighted by molar-refractivity contribution is -0.133. The molecule has 0 aromatic rings. The molecular weight excluding hydrogens is 262 g/mol. The van der Waals surface area contributed by atoms with Crippen LogP contribution < -0.4 is 5.73 Å². The summed E-state index contributed by atoms with van der Waals surface area (Å²) in [4.78, 5) is 16.9. The minimum absolute atomic E-state index is 0.191. The Morgan fingerprint density at radius 3 is 2.38 bits per heavy atom. The van der Waals surface area contributed by atoms with Gasteiger partial charge >= 0.3 is 0 Å². The molecule has 1 fully saturated rings. The van der Waals surface area contributed by atoms with Crippen LogP contribution in [0, 0.1) is 0 Å². The van der Waals surface area contributed by atoms with Crippen LogP contribution in [0.3, 0.4) is 0 Å². The molecule has 0 bridgehead atoms. The van der Waals surface area contributed by atoms with E-state index in [9.17, 15) is 4.79 Å². The summed E-state index contributed by atoms with van der Waals surface area (Å²) in [5.41, 5.74) is 5.98.